The second-order valence-electron chi connectivity index (χ2n) is 2.88. The molecule has 0 spiro atoms. The van der Waals surface area contributed by atoms with Gasteiger partial charge in [-0.25, -0.2) is 0 Å². The van der Waals surface area contributed by atoms with Gasteiger partial charge in [-0.2, -0.15) is 0 Å². The number of unbranched alkanes of at least 4 members (excludes halogenated alkanes) is 1. The van der Waals surface area contributed by atoms with Crippen LogP contribution in [0.2, 0.25) is 0 Å². The first-order valence-electron chi connectivity index (χ1n) is 5.32. The van der Waals surface area contributed by atoms with E-state index in [-0.39, 0.29) is 0 Å². The van der Waals surface area contributed by atoms with Gasteiger partial charge in [-0.05, 0) is 32.1 Å². The van der Waals surface area contributed by atoms with Crippen LogP contribution in [0, 0.1) is 0 Å². The lowest BCUT2D eigenvalue weighted by molar-refractivity contribution is 0.734. The zero-order valence-corrected chi connectivity index (χ0v) is 9.34. The van der Waals surface area contributed by atoms with Gasteiger partial charge in [0.15, 0.2) is 0 Å². The molecule has 0 rings (SSSR count). The van der Waals surface area contributed by atoms with Crippen molar-refractivity contribution in [2.45, 2.75) is 26.2 Å². The molecular formula is C10H26N4. The first kappa shape index (κ1) is 15.9. The van der Waals surface area contributed by atoms with E-state index in [0.717, 1.165) is 26.1 Å². The van der Waals surface area contributed by atoms with Crippen molar-refractivity contribution < 1.29 is 0 Å². The second-order valence-corrected chi connectivity index (χ2v) is 2.88. The lowest BCUT2D eigenvalue weighted by Crippen LogP contribution is -2.07. The van der Waals surface area contributed by atoms with E-state index >= 15 is 0 Å². The molecule has 0 radical (unpaired) electrons. The van der Waals surface area contributed by atoms with Gasteiger partial charge in [0.1, 0.15) is 0 Å². The van der Waals surface area contributed by atoms with Crippen LogP contribution in [0.4, 0.5) is 0 Å². The largest absolute Gasteiger partial charge is 0.391 e. The molecule has 0 fully saturated rings. The van der Waals surface area contributed by atoms with Crippen molar-refractivity contribution in [2.75, 3.05) is 26.2 Å². The Bertz CT molecular complexity index is 102. The average Bonchev–Trinajstić information content (AvgIpc) is 2.20. The van der Waals surface area contributed by atoms with Crippen LogP contribution in [0.15, 0.2) is 12.3 Å². The molecule has 0 aromatic carbocycles. The van der Waals surface area contributed by atoms with Crippen molar-refractivity contribution in [3.05, 3.63) is 12.3 Å². The Balaban J connectivity index is 0. The summed E-state index contributed by atoms with van der Waals surface area (Å²) in [6.45, 7) is 5.30. The maximum atomic E-state index is 5.22. The number of nitrogens with one attached hydrogen (secondary N) is 1. The van der Waals surface area contributed by atoms with Crippen LogP contribution in [-0.4, -0.2) is 26.2 Å². The fourth-order valence-corrected chi connectivity index (χ4v) is 0.631. The molecule has 14 heavy (non-hydrogen) atoms. The van der Waals surface area contributed by atoms with Crippen molar-refractivity contribution in [3.8, 4) is 0 Å². The zero-order valence-electron chi connectivity index (χ0n) is 9.34. The Labute approximate surface area is 87.9 Å². The molecule has 4 heteroatoms. The maximum Gasteiger partial charge on any atom is 0.0141 e. The molecular weight excluding hydrogens is 176 g/mol. The minimum Gasteiger partial charge on any atom is -0.391 e. The minimum absolute atomic E-state index is 0.624. The van der Waals surface area contributed by atoms with E-state index in [0.29, 0.717) is 6.54 Å². The number of hydrogen-bond donors (Lipinski definition) is 4. The summed E-state index contributed by atoms with van der Waals surface area (Å²) in [4.78, 5) is 0. The highest BCUT2D eigenvalue weighted by atomic mass is 14.8. The Morgan fingerprint density at radius 1 is 1.07 bits per heavy atom. The molecule has 86 valence electrons. The number of nitrogens with two attached hydrogens (primary N) is 3. The van der Waals surface area contributed by atoms with Crippen LogP contribution in [0.1, 0.15) is 26.2 Å². The highest BCUT2D eigenvalue weighted by Crippen LogP contribution is 1.81. The summed E-state index contributed by atoms with van der Waals surface area (Å²) in [6.07, 6.45) is 7.24. The normalized spacial score (nSPS) is 9.71. The quantitative estimate of drug-likeness (QED) is 0.442. The van der Waals surface area contributed by atoms with Crippen LogP contribution >= 0.6 is 0 Å². The topological polar surface area (TPSA) is 90.1 Å². The van der Waals surface area contributed by atoms with Crippen LogP contribution in [0.25, 0.3) is 0 Å². The van der Waals surface area contributed by atoms with Crippen LogP contribution in [0.3, 0.4) is 0 Å². The van der Waals surface area contributed by atoms with E-state index in [1.807, 2.05) is 12.3 Å². The lowest BCUT2D eigenvalue weighted by Gasteiger charge is -1.95. The molecule has 0 heterocycles. The van der Waals surface area contributed by atoms with E-state index in [9.17, 15) is 0 Å². The van der Waals surface area contributed by atoms with Crippen molar-refractivity contribution in [1.82, 2.24) is 5.32 Å². The Morgan fingerprint density at radius 3 is 2.07 bits per heavy atom. The van der Waals surface area contributed by atoms with Crippen molar-refractivity contribution >= 4 is 0 Å². The molecule has 0 aromatic rings. The van der Waals surface area contributed by atoms with Gasteiger partial charge < -0.3 is 22.5 Å². The standard InChI is InChI=1S/C7H16N2.C3H10N2/c1-2-3-6-9-7-4-5-8;4-2-1-3-5/h4,7,9H,2-3,5-6,8H2,1H3;1-5H2/b7-4-;. The predicted octanol–water partition coefficient (Wildman–Crippen LogP) is 0.142. The molecule has 0 unspecified atom stereocenters. The molecule has 0 atom stereocenters. The third-order valence-electron chi connectivity index (χ3n) is 1.45. The molecule has 0 aliphatic heterocycles. The summed E-state index contributed by atoms with van der Waals surface area (Å²) in [7, 11) is 0. The summed E-state index contributed by atoms with van der Waals surface area (Å²) < 4.78 is 0. The van der Waals surface area contributed by atoms with Crippen LogP contribution in [0.5, 0.6) is 0 Å². The maximum absolute atomic E-state index is 5.22. The van der Waals surface area contributed by atoms with Crippen LogP contribution < -0.4 is 22.5 Å². The average molecular weight is 202 g/mol. The highest BCUT2D eigenvalue weighted by molar-refractivity contribution is 4.79. The van der Waals surface area contributed by atoms with E-state index in [1.54, 1.807) is 0 Å². The molecule has 0 saturated heterocycles. The summed E-state index contributed by atoms with van der Waals surface area (Å²) in [5.41, 5.74) is 15.3. The van der Waals surface area contributed by atoms with Gasteiger partial charge >= 0.3 is 0 Å². The van der Waals surface area contributed by atoms with Crippen molar-refractivity contribution in [2.24, 2.45) is 17.2 Å². The summed E-state index contributed by atoms with van der Waals surface area (Å²) in [5.74, 6) is 0. The van der Waals surface area contributed by atoms with E-state index in [2.05, 4.69) is 12.2 Å². The highest BCUT2D eigenvalue weighted by Gasteiger charge is 1.76. The second kappa shape index (κ2) is 18.3. The van der Waals surface area contributed by atoms with Gasteiger partial charge in [0.25, 0.3) is 0 Å². The third-order valence-corrected chi connectivity index (χ3v) is 1.45. The Hall–Kier alpha value is -0.580. The summed E-state index contributed by atoms with van der Waals surface area (Å²) >= 11 is 0. The first-order valence-corrected chi connectivity index (χ1v) is 5.32. The van der Waals surface area contributed by atoms with Gasteiger partial charge in [-0.1, -0.05) is 19.4 Å². The Morgan fingerprint density at radius 2 is 1.71 bits per heavy atom. The van der Waals surface area contributed by atoms with Gasteiger partial charge in [-0.15, -0.1) is 0 Å². The molecule has 4 nitrogen and oxygen atoms in total. The summed E-state index contributed by atoms with van der Waals surface area (Å²) in [6, 6.07) is 0. The van der Waals surface area contributed by atoms with Crippen LogP contribution in [-0.2, 0) is 0 Å². The molecule has 0 saturated carbocycles. The van der Waals surface area contributed by atoms with Gasteiger partial charge in [0, 0.05) is 13.1 Å². The van der Waals surface area contributed by atoms with Crippen molar-refractivity contribution in [1.29, 1.82) is 0 Å². The number of rotatable bonds is 7. The van der Waals surface area contributed by atoms with Gasteiger partial charge in [0.05, 0.1) is 0 Å². The lowest BCUT2D eigenvalue weighted by atomic mass is 10.3. The monoisotopic (exact) mass is 202 g/mol. The minimum atomic E-state index is 0.624. The van der Waals surface area contributed by atoms with Gasteiger partial charge in [-0.3, -0.25) is 0 Å². The smallest absolute Gasteiger partial charge is 0.0141 e. The van der Waals surface area contributed by atoms with E-state index in [4.69, 9.17) is 17.2 Å². The number of hydrogen-bond acceptors (Lipinski definition) is 4. The zero-order chi connectivity index (χ0) is 11.1. The van der Waals surface area contributed by atoms with Gasteiger partial charge in [0.2, 0.25) is 0 Å². The summed E-state index contributed by atoms with van der Waals surface area (Å²) in [5, 5.41) is 3.13. The molecule has 0 aromatic heterocycles. The molecule has 0 bridgehead atoms. The molecule has 0 aliphatic carbocycles. The SMILES string of the molecule is CCCCN/C=C\CN.NCCCN. The fourth-order valence-electron chi connectivity index (χ4n) is 0.631. The first-order chi connectivity index (χ1) is 6.83. The third kappa shape index (κ3) is 22.5. The molecule has 0 amide bonds. The van der Waals surface area contributed by atoms with Crippen molar-refractivity contribution in [3.63, 3.8) is 0 Å². The molecule has 7 N–H and O–H groups in total. The predicted molar refractivity (Wildman–Crippen MR) is 63.8 cm³/mol. The van der Waals surface area contributed by atoms with E-state index < -0.39 is 0 Å². The van der Waals surface area contributed by atoms with E-state index in [1.165, 1.54) is 12.8 Å². The Kier molecular flexibility index (Phi) is 20.7. The fraction of sp³-hybridized carbons (Fsp3) is 0.800. The molecule has 0 aliphatic rings.